The van der Waals surface area contributed by atoms with Crippen LogP contribution in [0, 0.1) is 5.92 Å². The second-order valence-electron chi connectivity index (χ2n) is 4.42. The summed E-state index contributed by atoms with van der Waals surface area (Å²) in [6.07, 6.45) is 1.38. The summed E-state index contributed by atoms with van der Waals surface area (Å²) >= 11 is 0. The lowest BCUT2D eigenvalue weighted by molar-refractivity contribution is -0.153. The van der Waals surface area contributed by atoms with Crippen molar-refractivity contribution in [1.29, 1.82) is 0 Å². The van der Waals surface area contributed by atoms with Gasteiger partial charge >= 0.3 is 5.97 Å². The van der Waals surface area contributed by atoms with Crippen LogP contribution in [0.1, 0.15) is 19.3 Å². The quantitative estimate of drug-likeness (QED) is 0.686. The Morgan fingerprint density at radius 3 is 2.88 bits per heavy atom. The van der Waals surface area contributed by atoms with E-state index in [4.69, 9.17) is 4.74 Å². The molecule has 0 spiro atoms. The summed E-state index contributed by atoms with van der Waals surface area (Å²) in [5.74, 6) is -0.626. The third-order valence-corrected chi connectivity index (χ3v) is 5.27. The van der Waals surface area contributed by atoms with Crippen molar-refractivity contribution in [2.75, 3.05) is 25.6 Å². The number of carbonyl (C=O) groups excluding carboxylic acids is 1. The number of esters is 1. The maximum absolute atomic E-state index is 12.0. The molecule has 2 rings (SSSR count). The van der Waals surface area contributed by atoms with Crippen molar-refractivity contribution in [1.82, 2.24) is 4.31 Å². The first kappa shape index (κ1) is 12.8. The highest BCUT2D eigenvalue weighted by Crippen LogP contribution is 2.33. The number of hydrogen-bond donors (Lipinski definition) is 0. The van der Waals surface area contributed by atoms with Crippen LogP contribution in [0.15, 0.2) is 0 Å². The van der Waals surface area contributed by atoms with Crippen LogP contribution in [-0.4, -0.2) is 50.3 Å². The molecule has 0 aromatic carbocycles. The Kier molecular flexibility index (Phi) is 3.67. The maximum Gasteiger partial charge on any atom is 0.324 e. The van der Waals surface area contributed by atoms with E-state index in [2.05, 4.69) is 0 Å². The summed E-state index contributed by atoms with van der Waals surface area (Å²) in [6, 6.07) is -0.673. The number of alkyl halides is 1. The van der Waals surface area contributed by atoms with Crippen LogP contribution >= 0.6 is 0 Å². The number of hydrogen-bond acceptors (Lipinski definition) is 4. The zero-order valence-electron chi connectivity index (χ0n) is 9.47. The predicted octanol–water partition coefficient (Wildman–Crippen LogP) is 0.313. The van der Waals surface area contributed by atoms with Crippen molar-refractivity contribution in [3.05, 3.63) is 0 Å². The zero-order valence-corrected chi connectivity index (χ0v) is 10.3. The predicted molar refractivity (Wildman–Crippen MR) is 58.6 cm³/mol. The highest BCUT2D eigenvalue weighted by Gasteiger charge is 2.47. The summed E-state index contributed by atoms with van der Waals surface area (Å²) in [5.41, 5.74) is 0. The van der Waals surface area contributed by atoms with Gasteiger partial charge in [0.15, 0.2) is 0 Å². The normalized spacial score (nSPS) is 30.1. The summed E-state index contributed by atoms with van der Waals surface area (Å²) in [5, 5.41) is 0. The number of carbonyl (C=O) groups is 1. The van der Waals surface area contributed by atoms with E-state index in [1.165, 1.54) is 4.31 Å². The first-order valence-electron chi connectivity index (χ1n) is 5.78. The van der Waals surface area contributed by atoms with Crippen molar-refractivity contribution in [2.24, 2.45) is 5.92 Å². The minimum absolute atomic E-state index is 0.0226. The largest absolute Gasteiger partial charge is 0.464 e. The molecule has 5 nitrogen and oxygen atoms in total. The lowest BCUT2D eigenvalue weighted by Gasteiger charge is -2.29. The van der Waals surface area contributed by atoms with Crippen LogP contribution in [0.3, 0.4) is 0 Å². The van der Waals surface area contributed by atoms with Gasteiger partial charge in [0.1, 0.15) is 6.04 Å². The number of halogens is 1. The molecule has 2 atom stereocenters. The Morgan fingerprint density at radius 2 is 2.18 bits per heavy atom. The molecule has 0 aliphatic carbocycles. The number of rotatable bonds is 4. The third-order valence-electron chi connectivity index (χ3n) is 3.34. The van der Waals surface area contributed by atoms with E-state index >= 15 is 0 Å². The van der Waals surface area contributed by atoms with Gasteiger partial charge in [-0.05, 0) is 25.2 Å². The Morgan fingerprint density at radius 1 is 1.41 bits per heavy atom. The Hall–Kier alpha value is -0.690. The van der Waals surface area contributed by atoms with Gasteiger partial charge in [0, 0.05) is 6.54 Å². The smallest absolute Gasteiger partial charge is 0.324 e. The van der Waals surface area contributed by atoms with Crippen molar-refractivity contribution in [3.63, 3.8) is 0 Å². The van der Waals surface area contributed by atoms with Gasteiger partial charge in [-0.15, -0.1) is 0 Å². The van der Waals surface area contributed by atoms with Gasteiger partial charge in [-0.3, -0.25) is 9.18 Å². The van der Waals surface area contributed by atoms with Crippen molar-refractivity contribution < 1.29 is 22.3 Å². The summed E-state index contributed by atoms with van der Waals surface area (Å²) < 4.78 is 42.0. The number of nitrogens with zero attached hydrogens (tertiary/aromatic N) is 1. The van der Waals surface area contributed by atoms with Gasteiger partial charge < -0.3 is 4.74 Å². The first-order chi connectivity index (χ1) is 8.06. The van der Waals surface area contributed by atoms with Gasteiger partial charge in [-0.2, -0.15) is 4.31 Å². The van der Waals surface area contributed by atoms with Gasteiger partial charge in [0.05, 0.1) is 19.0 Å². The van der Waals surface area contributed by atoms with Gasteiger partial charge in [0.2, 0.25) is 10.0 Å². The molecule has 2 saturated heterocycles. The van der Waals surface area contributed by atoms with Gasteiger partial charge in [0.25, 0.3) is 0 Å². The van der Waals surface area contributed by atoms with Crippen LogP contribution in [0.2, 0.25) is 0 Å². The molecule has 98 valence electrons. The number of cyclic esters (lactones) is 1. The number of fused-ring (bicyclic) bond motifs is 1. The molecule has 0 amide bonds. The molecule has 2 aliphatic rings. The minimum atomic E-state index is -3.53. The lowest BCUT2D eigenvalue weighted by atomic mass is 9.96. The number of sulfonamides is 1. The van der Waals surface area contributed by atoms with Crippen molar-refractivity contribution >= 4 is 16.0 Å². The van der Waals surface area contributed by atoms with Gasteiger partial charge in [-0.1, -0.05) is 0 Å². The molecule has 0 aromatic heterocycles. The molecule has 0 bridgehead atoms. The summed E-state index contributed by atoms with van der Waals surface area (Å²) in [6.45, 7) is 0.0586. The molecule has 2 heterocycles. The molecule has 0 N–H and O–H groups in total. The van der Waals surface area contributed by atoms with Crippen LogP contribution in [0.4, 0.5) is 4.39 Å². The second-order valence-corrected chi connectivity index (χ2v) is 6.46. The maximum atomic E-state index is 12.0. The highest BCUT2D eigenvalue weighted by atomic mass is 32.2. The van der Waals surface area contributed by atoms with Crippen LogP contribution < -0.4 is 0 Å². The molecular formula is C10H16FNO4S. The Labute approximate surface area is 100.0 Å². The molecule has 0 unspecified atom stereocenters. The van der Waals surface area contributed by atoms with Crippen LogP contribution in [-0.2, 0) is 19.6 Å². The van der Waals surface area contributed by atoms with Gasteiger partial charge in [-0.25, -0.2) is 8.42 Å². The van der Waals surface area contributed by atoms with Crippen molar-refractivity contribution in [2.45, 2.75) is 25.3 Å². The fourth-order valence-electron chi connectivity index (χ4n) is 2.50. The SMILES string of the molecule is O=C1OCC[C@H]2CCN(S(=O)(=O)CCCF)[C@H]12. The first-order valence-corrected chi connectivity index (χ1v) is 7.39. The lowest BCUT2D eigenvalue weighted by Crippen LogP contribution is -2.47. The average Bonchev–Trinajstić information content (AvgIpc) is 2.72. The number of ether oxygens (including phenoxy) is 1. The van der Waals surface area contributed by atoms with E-state index in [1.807, 2.05) is 0 Å². The fourth-order valence-corrected chi connectivity index (χ4v) is 4.20. The van der Waals surface area contributed by atoms with Crippen molar-refractivity contribution in [3.8, 4) is 0 Å². The molecule has 0 saturated carbocycles. The summed E-state index contributed by atoms with van der Waals surface area (Å²) in [7, 11) is -3.53. The Bertz CT molecular complexity index is 397. The molecule has 0 aromatic rings. The van der Waals surface area contributed by atoms with Crippen LogP contribution in [0.5, 0.6) is 0 Å². The van der Waals surface area contributed by atoms with E-state index in [0.29, 0.717) is 26.0 Å². The second kappa shape index (κ2) is 4.89. The zero-order chi connectivity index (χ0) is 12.5. The highest BCUT2D eigenvalue weighted by molar-refractivity contribution is 7.89. The van der Waals surface area contributed by atoms with E-state index in [1.54, 1.807) is 0 Å². The summed E-state index contributed by atoms with van der Waals surface area (Å²) in [4.78, 5) is 11.6. The Balaban J connectivity index is 2.13. The molecule has 0 radical (unpaired) electrons. The van der Waals surface area contributed by atoms with E-state index < -0.39 is 28.7 Å². The standard InChI is InChI=1S/C10H16FNO4S/c11-4-1-7-17(14,15)12-5-2-8-3-6-16-10(13)9(8)12/h8-9H,1-7H2/t8-,9+/m1/s1. The van der Waals surface area contributed by atoms with E-state index in [9.17, 15) is 17.6 Å². The molecule has 2 fully saturated rings. The molecule has 2 aliphatic heterocycles. The average molecular weight is 265 g/mol. The van der Waals surface area contributed by atoms with Crippen LogP contribution in [0.25, 0.3) is 0 Å². The van der Waals surface area contributed by atoms with E-state index in [0.717, 1.165) is 0 Å². The minimum Gasteiger partial charge on any atom is -0.464 e. The molecule has 17 heavy (non-hydrogen) atoms. The molecule has 7 heteroatoms. The van der Waals surface area contributed by atoms with E-state index in [-0.39, 0.29) is 18.1 Å². The monoisotopic (exact) mass is 265 g/mol. The fraction of sp³-hybridized carbons (Fsp3) is 0.900. The third kappa shape index (κ3) is 2.44. The molecular weight excluding hydrogens is 249 g/mol. The topological polar surface area (TPSA) is 63.7 Å².